The maximum atomic E-state index is 5.07. The fourth-order valence-corrected chi connectivity index (χ4v) is 1.87. The van der Waals surface area contributed by atoms with Crippen molar-refractivity contribution in [2.75, 3.05) is 32.2 Å². The maximum absolute atomic E-state index is 5.07. The van der Waals surface area contributed by atoms with E-state index < -0.39 is 0 Å². The Kier molecular flexibility index (Phi) is 5.40. The first kappa shape index (κ1) is 15.1. The van der Waals surface area contributed by atoms with E-state index in [2.05, 4.69) is 19.9 Å². The topological polar surface area (TPSA) is 51.1 Å². The summed E-state index contributed by atoms with van der Waals surface area (Å²) < 4.78 is 5.07. The number of anilines is 1. The van der Waals surface area contributed by atoms with Gasteiger partial charge in [0.25, 0.3) is 0 Å². The van der Waals surface area contributed by atoms with Crippen LogP contribution >= 0.6 is 0 Å². The number of likely N-dealkylation sites (N-methyl/N-ethyl adjacent to an activating group) is 1. The quantitative estimate of drug-likeness (QED) is 0.816. The van der Waals surface area contributed by atoms with Gasteiger partial charge in [0.15, 0.2) is 5.82 Å². The van der Waals surface area contributed by atoms with Crippen LogP contribution in [0, 0.1) is 0 Å². The predicted molar refractivity (Wildman–Crippen MR) is 85.0 cm³/mol. The second-order valence-electron chi connectivity index (χ2n) is 4.76. The van der Waals surface area contributed by atoms with Gasteiger partial charge in [-0.05, 0) is 42.3 Å². The molecule has 0 atom stereocenters. The van der Waals surface area contributed by atoms with Crippen molar-refractivity contribution in [3.63, 3.8) is 0 Å². The summed E-state index contributed by atoms with van der Waals surface area (Å²) in [5.41, 5.74) is 2.04. The highest BCUT2D eigenvalue weighted by atomic mass is 16.5. The van der Waals surface area contributed by atoms with Crippen molar-refractivity contribution in [1.82, 2.24) is 15.0 Å². The molecule has 0 saturated carbocycles. The van der Waals surface area contributed by atoms with Crippen molar-refractivity contribution in [3.05, 3.63) is 48.2 Å². The summed E-state index contributed by atoms with van der Waals surface area (Å²) in [6, 6.07) is 5.85. The minimum atomic E-state index is 0.685. The van der Waals surface area contributed by atoms with Crippen LogP contribution in [-0.4, -0.2) is 42.3 Å². The number of hydrogen-bond acceptors (Lipinski definition) is 5. The Morgan fingerprint density at radius 1 is 1.24 bits per heavy atom. The summed E-state index contributed by atoms with van der Waals surface area (Å²) in [6.45, 7) is 3.49. The minimum absolute atomic E-state index is 0.685. The smallest absolute Gasteiger partial charge is 0.154 e. The highest BCUT2D eigenvalue weighted by Gasteiger charge is 2.02. The van der Waals surface area contributed by atoms with Gasteiger partial charge in [-0.15, -0.1) is 0 Å². The molecule has 0 amide bonds. The third kappa shape index (κ3) is 4.36. The average molecular weight is 284 g/mol. The van der Waals surface area contributed by atoms with Crippen LogP contribution in [0.5, 0.6) is 0 Å². The van der Waals surface area contributed by atoms with Gasteiger partial charge in [-0.2, -0.15) is 0 Å². The average Bonchev–Trinajstić information content (AvgIpc) is 2.54. The summed E-state index contributed by atoms with van der Waals surface area (Å²) >= 11 is 0. The minimum Gasteiger partial charge on any atom is -0.383 e. The van der Waals surface area contributed by atoms with E-state index >= 15 is 0 Å². The first-order valence-electron chi connectivity index (χ1n) is 6.82. The predicted octanol–water partition coefficient (Wildman–Crippen LogP) is 2.51. The number of allylic oxidation sites excluding steroid dienone is 1. The van der Waals surface area contributed by atoms with Crippen molar-refractivity contribution >= 4 is 17.5 Å². The molecule has 0 aliphatic rings. The van der Waals surface area contributed by atoms with Crippen molar-refractivity contribution in [2.24, 2.45) is 0 Å². The van der Waals surface area contributed by atoms with Gasteiger partial charge in [0.05, 0.1) is 6.61 Å². The van der Waals surface area contributed by atoms with Gasteiger partial charge in [0.2, 0.25) is 0 Å². The molecule has 0 aliphatic carbocycles. The van der Waals surface area contributed by atoms with Gasteiger partial charge in [-0.25, -0.2) is 15.0 Å². The number of aromatic nitrogens is 3. The highest BCUT2D eigenvalue weighted by Crippen LogP contribution is 2.15. The van der Waals surface area contributed by atoms with Crippen molar-refractivity contribution in [3.8, 4) is 0 Å². The molecule has 2 heterocycles. The zero-order chi connectivity index (χ0) is 15.1. The van der Waals surface area contributed by atoms with Crippen molar-refractivity contribution < 1.29 is 4.74 Å². The highest BCUT2D eigenvalue weighted by molar-refractivity contribution is 5.77. The van der Waals surface area contributed by atoms with Crippen LogP contribution in [0.3, 0.4) is 0 Å². The van der Waals surface area contributed by atoms with Gasteiger partial charge < -0.3 is 9.64 Å². The SMILES string of the molecule is COCCN(C)c1ccc(/C=C(\C)c2ncccn2)cn1. The lowest BCUT2D eigenvalue weighted by molar-refractivity contribution is 0.206. The second-order valence-corrected chi connectivity index (χ2v) is 4.76. The monoisotopic (exact) mass is 284 g/mol. The Hall–Kier alpha value is -2.27. The molecule has 0 aliphatic heterocycles. The molecule has 5 heteroatoms. The van der Waals surface area contributed by atoms with Crippen molar-refractivity contribution in [2.45, 2.75) is 6.92 Å². The molecule has 5 nitrogen and oxygen atoms in total. The molecule has 2 rings (SSSR count). The fraction of sp³-hybridized carbons (Fsp3) is 0.312. The third-order valence-corrected chi connectivity index (χ3v) is 3.09. The van der Waals surface area contributed by atoms with Gasteiger partial charge in [0.1, 0.15) is 5.82 Å². The van der Waals surface area contributed by atoms with Crippen molar-refractivity contribution in [1.29, 1.82) is 0 Å². The molecule has 2 aromatic rings. The van der Waals surface area contributed by atoms with E-state index in [0.717, 1.165) is 29.3 Å². The number of hydrogen-bond donors (Lipinski definition) is 0. The van der Waals surface area contributed by atoms with Crippen LogP contribution in [0.25, 0.3) is 11.6 Å². The molecule has 0 bridgehead atoms. The number of methoxy groups -OCH3 is 1. The van der Waals surface area contributed by atoms with Gasteiger partial charge in [0, 0.05) is 39.3 Å². The fourth-order valence-electron chi connectivity index (χ4n) is 1.87. The zero-order valence-electron chi connectivity index (χ0n) is 12.7. The molecule has 0 N–H and O–H groups in total. The lowest BCUT2D eigenvalue weighted by Crippen LogP contribution is -2.22. The molecule has 2 aromatic heterocycles. The molecular formula is C16H20N4O. The Balaban J connectivity index is 2.09. The molecule has 0 saturated heterocycles. The molecule has 0 radical (unpaired) electrons. The maximum Gasteiger partial charge on any atom is 0.154 e. The normalized spacial score (nSPS) is 11.5. The Morgan fingerprint density at radius 2 is 2.00 bits per heavy atom. The second kappa shape index (κ2) is 7.50. The Bertz CT molecular complexity index is 581. The molecular weight excluding hydrogens is 264 g/mol. The lowest BCUT2D eigenvalue weighted by atomic mass is 10.2. The molecule has 0 unspecified atom stereocenters. The molecule has 21 heavy (non-hydrogen) atoms. The first-order valence-corrected chi connectivity index (χ1v) is 6.82. The first-order chi connectivity index (χ1) is 10.2. The summed E-state index contributed by atoms with van der Waals surface area (Å²) in [6.07, 6.45) is 7.36. The van der Waals surface area contributed by atoms with Gasteiger partial charge in [-0.3, -0.25) is 0 Å². The van der Waals surface area contributed by atoms with Crippen LogP contribution in [-0.2, 0) is 4.74 Å². The van der Waals surface area contributed by atoms with E-state index in [1.807, 2.05) is 44.4 Å². The van der Waals surface area contributed by atoms with E-state index in [9.17, 15) is 0 Å². The summed E-state index contributed by atoms with van der Waals surface area (Å²) in [4.78, 5) is 15.0. The number of nitrogens with zero attached hydrogens (tertiary/aromatic N) is 4. The van der Waals surface area contributed by atoms with Crippen LogP contribution in [0.1, 0.15) is 18.3 Å². The molecule has 110 valence electrons. The standard InChI is InChI=1S/C16H20N4O/c1-13(16-17-7-4-8-18-16)11-14-5-6-15(19-12-14)20(2)9-10-21-3/h4-8,11-12H,9-10H2,1-3H3/b13-11+. The van der Waals surface area contributed by atoms with E-state index in [4.69, 9.17) is 4.74 Å². The van der Waals surface area contributed by atoms with E-state index in [0.29, 0.717) is 6.61 Å². The van der Waals surface area contributed by atoms with Crippen LogP contribution in [0.2, 0.25) is 0 Å². The van der Waals surface area contributed by atoms with Crippen LogP contribution in [0.15, 0.2) is 36.8 Å². The largest absolute Gasteiger partial charge is 0.383 e. The molecule has 0 aromatic carbocycles. The zero-order valence-corrected chi connectivity index (χ0v) is 12.7. The number of rotatable bonds is 6. The Labute approximate surface area is 125 Å². The molecule has 0 fully saturated rings. The van der Waals surface area contributed by atoms with Gasteiger partial charge >= 0.3 is 0 Å². The number of pyridine rings is 1. The molecule has 0 spiro atoms. The van der Waals surface area contributed by atoms with Gasteiger partial charge in [-0.1, -0.05) is 0 Å². The van der Waals surface area contributed by atoms with Crippen LogP contribution in [0.4, 0.5) is 5.82 Å². The third-order valence-electron chi connectivity index (χ3n) is 3.09. The lowest BCUT2D eigenvalue weighted by Gasteiger charge is -2.17. The van der Waals surface area contributed by atoms with E-state index in [-0.39, 0.29) is 0 Å². The van der Waals surface area contributed by atoms with E-state index in [1.165, 1.54) is 0 Å². The summed E-state index contributed by atoms with van der Waals surface area (Å²) in [5, 5.41) is 0. The Morgan fingerprint density at radius 3 is 2.62 bits per heavy atom. The van der Waals surface area contributed by atoms with E-state index in [1.54, 1.807) is 19.5 Å². The number of ether oxygens (including phenoxy) is 1. The van der Waals surface area contributed by atoms with Crippen LogP contribution < -0.4 is 4.90 Å². The summed E-state index contributed by atoms with van der Waals surface area (Å²) in [5.74, 6) is 1.66. The summed E-state index contributed by atoms with van der Waals surface area (Å²) in [7, 11) is 3.70.